The molecule has 2 aliphatic rings. The van der Waals surface area contributed by atoms with Crippen LogP contribution in [-0.2, 0) is 20.9 Å². The Balaban J connectivity index is 1.33. The first-order valence-electron chi connectivity index (χ1n) is 11.2. The van der Waals surface area contributed by atoms with Crippen molar-refractivity contribution in [1.29, 1.82) is 0 Å². The molecule has 5 amide bonds. The van der Waals surface area contributed by atoms with Crippen molar-refractivity contribution in [2.75, 3.05) is 0 Å². The number of rotatable bonds is 6. The van der Waals surface area contributed by atoms with Gasteiger partial charge in [-0.3, -0.25) is 29.3 Å². The summed E-state index contributed by atoms with van der Waals surface area (Å²) in [5.74, 6) is -2.52. The molecule has 0 radical (unpaired) electrons. The molecule has 12 nitrogen and oxygen atoms in total. The van der Waals surface area contributed by atoms with Crippen molar-refractivity contribution in [1.82, 2.24) is 30.5 Å². The van der Waals surface area contributed by atoms with Crippen LogP contribution in [0.25, 0.3) is 5.69 Å². The van der Waals surface area contributed by atoms with Crippen LogP contribution in [-0.4, -0.2) is 55.5 Å². The molecule has 4 N–H and O–H groups in total. The summed E-state index contributed by atoms with van der Waals surface area (Å²) in [4.78, 5) is 62.8. The number of amides is 5. The Morgan fingerprint density at radius 1 is 1.11 bits per heavy atom. The minimum absolute atomic E-state index is 0.0471. The van der Waals surface area contributed by atoms with Crippen molar-refractivity contribution in [3.63, 3.8) is 0 Å². The number of nitrogens with zero attached hydrogens (tertiary/aromatic N) is 4. The number of carbonyl (C=O) groups excluding carboxylic acids is 5. The Kier molecular flexibility index (Phi) is 5.76. The van der Waals surface area contributed by atoms with E-state index in [1.165, 1.54) is 15.8 Å². The maximum absolute atomic E-state index is 13.0. The van der Waals surface area contributed by atoms with Gasteiger partial charge in [0.05, 0.1) is 11.9 Å². The minimum atomic E-state index is -1.04. The summed E-state index contributed by atoms with van der Waals surface area (Å²) in [6.45, 7) is 0.250. The van der Waals surface area contributed by atoms with Gasteiger partial charge in [0.1, 0.15) is 12.1 Å². The molecule has 1 unspecified atom stereocenters. The van der Waals surface area contributed by atoms with Crippen molar-refractivity contribution < 1.29 is 24.0 Å². The number of fused-ring (bicyclic) bond motifs is 1. The molecule has 2 atom stereocenters. The predicted octanol–water partition coefficient (Wildman–Crippen LogP) is -0.0153. The van der Waals surface area contributed by atoms with Crippen LogP contribution in [0.5, 0.6) is 0 Å². The quantitative estimate of drug-likeness (QED) is 0.411. The summed E-state index contributed by atoms with van der Waals surface area (Å²) in [6, 6.07) is 11.9. The molecule has 5 rings (SSSR count). The van der Waals surface area contributed by atoms with Crippen molar-refractivity contribution in [2.24, 2.45) is 5.73 Å². The highest BCUT2D eigenvalue weighted by atomic mass is 16.2. The van der Waals surface area contributed by atoms with Gasteiger partial charge >= 0.3 is 0 Å². The van der Waals surface area contributed by atoms with Gasteiger partial charge in [0.2, 0.25) is 17.7 Å². The lowest BCUT2D eigenvalue weighted by atomic mass is 10.0. The van der Waals surface area contributed by atoms with E-state index in [9.17, 15) is 24.0 Å². The molecule has 0 saturated carbocycles. The highest BCUT2D eigenvalue weighted by Gasteiger charge is 2.39. The molecular formula is C24H21N7O5. The molecule has 36 heavy (non-hydrogen) atoms. The summed E-state index contributed by atoms with van der Waals surface area (Å²) in [5, 5.41) is 12.7. The molecule has 1 aromatic heterocycles. The van der Waals surface area contributed by atoms with E-state index in [4.69, 9.17) is 5.73 Å². The topological polar surface area (TPSA) is 169 Å². The molecule has 2 aliphatic heterocycles. The Bertz CT molecular complexity index is 1400. The summed E-state index contributed by atoms with van der Waals surface area (Å²) in [6.07, 6.45) is 1.82. The standard InChI is InChI=1S/C24H21N7O5/c25-21(33)20(13-4-2-1-3-5-13)27-22(34)17-12-31(29-28-17)15-7-6-14-11-30(24(36)16(14)10-15)18-8-9-19(32)26-23(18)35/h1-7,10,12,18,20H,8-9,11H2,(H2,25,33)(H,27,34)(H,26,32,35)/t18?,20-/m1/s1. The average Bonchev–Trinajstić information content (AvgIpc) is 3.48. The summed E-state index contributed by atoms with van der Waals surface area (Å²) < 4.78 is 1.33. The zero-order chi connectivity index (χ0) is 25.4. The fourth-order valence-corrected chi connectivity index (χ4v) is 4.35. The number of benzene rings is 2. The van der Waals surface area contributed by atoms with E-state index < -0.39 is 29.8 Å². The number of hydrogen-bond donors (Lipinski definition) is 3. The number of piperidine rings is 1. The van der Waals surface area contributed by atoms with Gasteiger partial charge < -0.3 is 16.0 Å². The lowest BCUT2D eigenvalue weighted by Crippen LogP contribution is -2.52. The van der Waals surface area contributed by atoms with E-state index in [0.717, 1.165) is 5.56 Å². The van der Waals surface area contributed by atoms with Gasteiger partial charge in [-0.1, -0.05) is 41.6 Å². The van der Waals surface area contributed by atoms with Crippen LogP contribution >= 0.6 is 0 Å². The second-order valence-electron chi connectivity index (χ2n) is 8.51. The molecule has 1 fully saturated rings. The maximum atomic E-state index is 13.0. The van der Waals surface area contributed by atoms with Crippen molar-refractivity contribution in [3.05, 3.63) is 77.1 Å². The molecular weight excluding hydrogens is 466 g/mol. The number of carbonyl (C=O) groups is 5. The molecule has 1 saturated heterocycles. The SMILES string of the molecule is NC(=O)[C@H](NC(=O)c1cn(-c2ccc3c(c2)C(=O)N(C2CCC(=O)NC2=O)C3)nn1)c1ccccc1. The smallest absolute Gasteiger partial charge is 0.274 e. The van der Waals surface area contributed by atoms with Gasteiger partial charge in [0.25, 0.3) is 11.8 Å². The van der Waals surface area contributed by atoms with E-state index in [1.54, 1.807) is 48.5 Å². The molecule has 2 aromatic carbocycles. The van der Waals surface area contributed by atoms with Crippen molar-refractivity contribution in [3.8, 4) is 5.69 Å². The highest BCUT2D eigenvalue weighted by Crippen LogP contribution is 2.29. The van der Waals surface area contributed by atoms with Gasteiger partial charge in [0, 0.05) is 18.5 Å². The van der Waals surface area contributed by atoms with Gasteiger partial charge in [0.15, 0.2) is 5.69 Å². The predicted molar refractivity (Wildman–Crippen MR) is 123 cm³/mol. The Morgan fingerprint density at radius 2 is 1.89 bits per heavy atom. The number of aromatic nitrogens is 3. The molecule has 0 aliphatic carbocycles. The largest absolute Gasteiger partial charge is 0.368 e. The van der Waals surface area contributed by atoms with Crippen LogP contribution in [0.4, 0.5) is 0 Å². The molecule has 12 heteroatoms. The number of primary amides is 1. The zero-order valence-corrected chi connectivity index (χ0v) is 18.9. The summed E-state index contributed by atoms with van der Waals surface area (Å²) >= 11 is 0. The van der Waals surface area contributed by atoms with E-state index in [0.29, 0.717) is 16.8 Å². The fraction of sp³-hybridized carbons (Fsp3) is 0.208. The van der Waals surface area contributed by atoms with E-state index >= 15 is 0 Å². The van der Waals surface area contributed by atoms with Crippen LogP contribution < -0.4 is 16.4 Å². The monoisotopic (exact) mass is 487 g/mol. The molecule has 0 bridgehead atoms. The molecule has 0 spiro atoms. The lowest BCUT2D eigenvalue weighted by Gasteiger charge is -2.29. The molecule has 182 valence electrons. The Morgan fingerprint density at radius 3 is 2.61 bits per heavy atom. The Labute approximate surface area is 204 Å². The maximum Gasteiger partial charge on any atom is 0.274 e. The van der Waals surface area contributed by atoms with Crippen molar-refractivity contribution >= 4 is 29.5 Å². The third kappa shape index (κ3) is 4.19. The van der Waals surface area contributed by atoms with Gasteiger partial charge in [-0.05, 0) is 29.7 Å². The van der Waals surface area contributed by atoms with Gasteiger partial charge in [-0.2, -0.15) is 0 Å². The Hall–Kier alpha value is -4.87. The first-order valence-corrected chi connectivity index (χ1v) is 11.2. The number of imide groups is 1. The highest BCUT2D eigenvalue weighted by molar-refractivity contribution is 6.05. The number of nitrogens with one attached hydrogen (secondary N) is 2. The van der Waals surface area contributed by atoms with Crippen LogP contribution in [0.2, 0.25) is 0 Å². The minimum Gasteiger partial charge on any atom is -0.368 e. The first-order chi connectivity index (χ1) is 17.3. The normalized spacial score (nSPS) is 17.9. The van der Waals surface area contributed by atoms with Crippen LogP contribution in [0.15, 0.2) is 54.7 Å². The lowest BCUT2D eigenvalue weighted by molar-refractivity contribution is -0.137. The molecule has 3 aromatic rings. The second kappa shape index (κ2) is 9.06. The summed E-state index contributed by atoms with van der Waals surface area (Å²) in [5.41, 5.74) is 7.56. The fourth-order valence-electron chi connectivity index (χ4n) is 4.35. The van der Waals surface area contributed by atoms with E-state index in [2.05, 4.69) is 20.9 Å². The third-order valence-electron chi connectivity index (χ3n) is 6.20. The third-order valence-corrected chi connectivity index (χ3v) is 6.20. The second-order valence-corrected chi connectivity index (χ2v) is 8.51. The average molecular weight is 487 g/mol. The summed E-state index contributed by atoms with van der Waals surface area (Å²) in [7, 11) is 0. The van der Waals surface area contributed by atoms with Crippen LogP contribution in [0.3, 0.4) is 0 Å². The number of nitrogens with two attached hydrogens (primary N) is 1. The van der Waals surface area contributed by atoms with Gasteiger partial charge in [-0.15, -0.1) is 5.10 Å². The van der Waals surface area contributed by atoms with Crippen LogP contribution in [0.1, 0.15) is 50.9 Å². The van der Waals surface area contributed by atoms with Crippen molar-refractivity contribution in [2.45, 2.75) is 31.5 Å². The van der Waals surface area contributed by atoms with E-state index in [-0.39, 0.29) is 36.9 Å². The van der Waals surface area contributed by atoms with Gasteiger partial charge in [-0.25, -0.2) is 4.68 Å². The molecule has 3 heterocycles. The van der Waals surface area contributed by atoms with E-state index in [1.807, 2.05) is 0 Å². The van der Waals surface area contributed by atoms with Crippen LogP contribution in [0, 0.1) is 0 Å². The first kappa shape index (κ1) is 22.9. The number of hydrogen-bond acceptors (Lipinski definition) is 7. The zero-order valence-electron chi connectivity index (χ0n) is 18.9.